The summed E-state index contributed by atoms with van der Waals surface area (Å²) in [6.45, 7) is 4.20. The molecule has 0 radical (unpaired) electrons. The van der Waals surface area contributed by atoms with Gasteiger partial charge in [-0.2, -0.15) is 4.98 Å². The highest BCUT2D eigenvalue weighted by Gasteiger charge is 2.31. The van der Waals surface area contributed by atoms with Gasteiger partial charge in [0, 0.05) is 17.6 Å². The molecule has 1 atom stereocenters. The van der Waals surface area contributed by atoms with Gasteiger partial charge in [0.05, 0.1) is 6.04 Å². The van der Waals surface area contributed by atoms with Crippen LogP contribution in [0.25, 0.3) is 11.5 Å². The number of hydrogen-bond acceptors (Lipinski definition) is 6. The molecule has 0 amide bonds. The Kier molecular flexibility index (Phi) is 3.93. The Morgan fingerprint density at radius 2 is 2.30 bits per heavy atom. The molecule has 4 rings (SSSR count). The highest BCUT2D eigenvalue weighted by atomic mass is 32.1. The van der Waals surface area contributed by atoms with Gasteiger partial charge in [-0.25, -0.2) is 0 Å². The standard InChI is InChI=1S/C17H18N4OS/c1-12-7-10-23-15(12)11-21-9-4-6-14(21)17-19-16(20-22-17)13-5-2-3-8-18-13/h2-3,5,7-8,10,14H,4,6,9,11H2,1H3/t14-/m0/s1. The lowest BCUT2D eigenvalue weighted by Gasteiger charge is -2.21. The molecule has 0 N–H and O–H groups in total. The average molecular weight is 326 g/mol. The number of rotatable bonds is 4. The Bertz CT molecular complexity index is 783. The molecule has 5 nitrogen and oxygen atoms in total. The Hall–Kier alpha value is -2.05. The summed E-state index contributed by atoms with van der Waals surface area (Å²) >= 11 is 1.82. The van der Waals surface area contributed by atoms with Crippen LogP contribution in [0.1, 0.15) is 35.2 Å². The molecule has 0 aromatic carbocycles. The van der Waals surface area contributed by atoms with Crippen LogP contribution in [0.4, 0.5) is 0 Å². The second-order valence-electron chi connectivity index (χ2n) is 5.83. The normalized spacial score (nSPS) is 18.6. The Labute approximate surface area is 139 Å². The van der Waals surface area contributed by atoms with Crippen LogP contribution in [0, 0.1) is 6.92 Å². The van der Waals surface area contributed by atoms with E-state index < -0.39 is 0 Å². The van der Waals surface area contributed by atoms with Gasteiger partial charge in [0.25, 0.3) is 0 Å². The van der Waals surface area contributed by atoms with E-state index in [1.54, 1.807) is 6.20 Å². The first-order valence-electron chi connectivity index (χ1n) is 7.83. The zero-order valence-corrected chi connectivity index (χ0v) is 13.8. The number of likely N-dealkylation sites (tertiary alicyclic amines) is 1. The van der Waals surface area contributed by atoms with E-state index in [0.29, 0.717) is 11.7 Å². The molecule has 23 heavy (non-hydrogen) atoms. The number of thiophene rings is 1. The second-order valence-corrected chi connectivity index (χ2v) is 6.83. The largest absolute Gasteiger partial charge is 0.337 e. The molecule has 4 heterocycles. The molecule has 0 saturated carbocycles. The van der Waals surface area contributed by atoms with Crippen molar-refractivity contribution in [2.75, 3.05) is 6.54 Å². The zero-order chi connectivity index (χ0) is 15.6. The van der Waals surface area contributed by atoms with Crippen LogP contribution in [0.2, 0.25) is 0 Å². The van der Waals surface area contributed by atoms with E-state index in [9.17, 15) is 0 Å². The topological polar surface area (TPSA) is 55.1 Å². The van der Waals surface area contributed by atoms with Crippen LogP contribution in [0.15, 0.2) is 40.4 Å². The Balaban J connectivity index is 1.55. The van der Waals surface area contributed by atoms with Crippen molar-refractivity contribution in [2.45, 2.75) is 32.4 Å². The van der Waals surface area contributed by atoms with Gasteiger partial charge in [0.15, 0.2) is 0 Å². The molecule has 6 heteroatoms. The summed E-state index contributed by atoms with van der Waals surface area (Å²) in [5.74, 6) is 1.28. The minimum atomic E-state index is 0.210. The highest BCUT2D eigenvalue weighted by Crippen LogP contribution is 2.34. The number of hydrogen-bond donors (Lipinski definition) is 0. The summed E-state index contributed by atoms with van der Waals surface area (Å²) in [7, 11) is 0. The summed E-state index contributed by atoms with van der Waals surface area (Å²) < 4.78 is 5.54. The molecular formula is C17H18N4OS. The van der Waals surface area contributed by atoms with E-state index in [1.165, 1.54) is 10.4 Å². The third-order valence-corrected chi connectivity index (χ3v) is 5.31. The first kappa shape index (κ1) is 14.5. The fourth-order valence-corrected chi connectivity index (χ4v) is 3.95. The van der Waals surface area contributed by atoms with Gasteiger partial charge in [-0.15, -0.1) is 11.3 Å². The molecule has 0 unspecified atom stereocenters. The Morgan fingerprint density at radius 3 is 3.09 bits per heavy atom. The van der Waals surface area contributed by atoms with Gasteiger partial charge in [0.2, 0.25) is 11.7 Å². The molecule has 0 aliphatic carbocycles. The predicted octanol–water partition coefficient (Wildman–Crippen LogP) is 3.84. The maximum atomic E-state index is 5.54. The second kappa shape index (κ2) is 6.22. The summed E-state index contributed by atoms with van der Waals surface area (Å²) in [5, 5.41) is 6.26. The molecule has 0 bridgehead atoms. The summed E-state index contributed by atoms with van der Waals surface area (Å²) in [6.07, 6.45) is 3.97. The van der Waals surface area contributed by atoms with E-state index in [1.807, 2.05) is 29.5 Å². The van der Waals surface area contributed by atoms with Crippen molar-refractivity contribution in [3.05, 3.63) is 52.2 Å². The van der Waals surface area contributed by atoms with E-state index in [2.05, 4.69) is 38.4 Å². The van der Waals surface area contributed by atoms with Gasteiger partial charge in [-0.05, 0) is 55.5 Å². The molecule has 1 aliphatic heterocycles. The molecule has 3 aromatic rings. The number of aryl methyl sites for hydroxylation is 1. The summed E-state index contributed by atoms with van der Waals surface area (Å²) in [4.78, 5) is 12.7. The van der Waals surface area contributed by atoms with Crippen LogP contribution in [-0.2, 0) is 6.54 Å². The molecule has 1 fully saturated rings. The maximum absolute atomic E-state index is 5.54. The van der Waals surface area contributed by atoms with Crippen molar-refractivity contribution in [1.82, 2.24) is 20.0 Å². The number of pyridine rings is 1. The molecule has 1 aliphatic rings. The van der Waals surface area contributed by atoms with Crippen molar-refractivity contribution < 1.29 is 4.52 Å². The SMILES string of the molecule is Cc1ccsc1CN1CCC[C@H]1c1nc(-c2ccccn2)no1. The van der Waals surface area contributed by atoms with Crippen LogP contribution >= 0.6 is 11.3 Å². The first-order chi connectivity index (χ1) is 11.3. The third-order valence-electron chi connectivity index (χ3n) is 4.30. The van der Waals surface area contributed by atoms with Crippen molar-refractivity contribution in [2.24, 2.45) is 0 Å². The lowest BCUT2D eigenvalue weighted by Crippen LogP contribution is -2.22. The third kappa shape index (κ3) is 2.92. The summed E-state index contributed by atoms with van der Waals surface area (Å²) in [6, 6.07) is 8.10. The van der Waals surface area contributed by atoms with Gasteiger partial charge in [-0.3, -0.25) is 9.88 Å². The van der Waals surface area contributed by atoms with Gasteiger partial charge >= 0.3 is 0 Å². The van der Waals surface area contributed by atoms with E-state index in [0.717, 1.165) is 31.6 Å². The first-order valence-corrected chi connectivity index (χ1v) is 8.71. The monoisotopic (exact) mass is 326 g/mol. The smallest absolute Gasteiger partial charge is 0.244 e. The molecule has 1 saturated heterocycles. The molecule has 3 aromatic heterocycles. The van der Waals surface area contributed by atoms with E-state index in [-0.39, 0.29) is 6.04 Å². The quantitative estimate of drug-likeness (QED) is 0.729. The fraction of sp³-hybridized carbons (Fsp3) is 0.353. The van der Waals surface area contributed by atoms with Crippen LogP contribution in [0.5, 0.6) is 0 Å². The van der Waals surface area contributed by atoms with Crippen LogP contribution < -0.4 is 0 Å². The van der Waals surface area contributed by atoms with Crippen molar-refractivity contribution in [3.63, 3.8) is 0 Å². The van der Waals surface area contributed by atoms with Gasteiger partial charge in [0.1, 0.15) is 5.69 Å². The summed E-state index contributed by atoms with van der Waals surface area (Å²) in [5.41, 5.74) is 2.11. The fourth-order valence-electron chi connectivity index (χ4n) is 3.02. The molecule has 0 spiro atoms. The number of nitrogens with zero attached hydrogens (tertiary/aromatic N) is 4. The van der Waals surface area contributed by atoms with Crippen molar-refractivity contribution in [3.8, 4) is 11.5 Å². The zero-order valence-electron chi connectivity index (χ0n) is 13.0. The lowest BCUT2D eigenvalue weighted by molar-refractivity contribution is 0.202. The Morgan fingerprint density at radius 1 is 1.35 bits per heavy atom. The van der Waals surface area contributed by atoms with Crippen molar-refractivity contribution >= 4 is 11.3 Å². The van der Waals surface area contributed by atoms with E-state index >= 15 is 0 Å². The van der Waals surface area contributed by atoms with Crippen LogP contribution in [-0.4, -0.2) is 26.6 Å². The number of aromatic nitrogens is 3. The molecule has 118 valence electrons. The van der Waals surface area contributed by atoms with Gasteiger partial charge < -0.3 is 4.52 Å². The van der Waals surface area contributed by atoms with Crippen LogP contribution in [0.3, 0.4) is 0 Å². The van der Waals surface area contributed by atoms with E-state index in [4.69, 9.17) is 4.52 Å². The lowest BCUT2D eigenvalue weighted by atomic mass is 10.2. The predicted molar refractivity (Wildman–Crippen MR) is 89.0 cm³/mol. The average Bonchev–Trinajstić information content (AvgIpc) is 3.30. The minimum Gasteiger partial charge on any atom is -0.337 e. The minimum absolute atomic E-state index is 0.210. The highest BCUT2D eigenvalue weighted by molar-refractivity contribution is 7.10. The van der Waals surface area contributed by atoms with Crippen molar-refractivity contribution in [1.29, 1.82) is 0 Å². The maximum Gasteiger partial charge on any atom is 0.244 e. The molecular weight excluding hydrogens is 308 g/mol. The van der Waals surface area contributed by atoms with Gasteiger partial charge in [-0.1, -0.05) is 11.2 Å².